The molecule has 3 N–H and O–H groups in total. The predicted octanol–water partition coefficient (Wildman–Crippen LogP) is 0.170. The van der Waals surface area contributed by atoms with Gasteiger partial charge in [-0.05, 0) is 12.1 Å². The number of rotatable bonds is 4. The van der Waals surface area contributed by atoms with E-state index in [2.05, 4.69) is 9.80 Å². The number of piperazine rings is 1. The maximum Gasteiger partial charge on any atom is 0.340 e. The molecule has 0 amide bonds. The predicted molar refractivity (Wildman–Crippen MR) is 77.9 cm³/mol. The number of aliphatic hydroxyl groups excluding tert-OH is 1. The van der Waals surface area contributed by atoms with E-state index < -0.39 is 0 Å². The summed E-state index contributed by atoms with van der Waals surface area (Å²) in [5.74, 6) is -0.370. The second kappa shape index (κ2) is 6.58. The lowest BCUT2D eigenvalue weighted by atomic mass is 10.1. The van der Waals surface area contributed by atoms with Gasteiger partial charge in [0, 0.05) is 32.7 Å². The molecule has 0 unspecified atom stereocenters. The first kappa shape index (κ1) is 14.6. The molecule has 1 aliphatic heterocycles. The van der Waals surface area contributed by atoms with E-state index in [0.717, 1.165) is 31.9 Å². The zero-order chi connectivity index (χ0) is 14.5. The number of nitrogen functional groups attached to an aromatic ring is 1. The van der Waals surface area contributed by atoms with Gasteiger partial charge in [0.15, 0.2) is 0 Å². The molecule has 0 radical (unpaired) electrons. The second-order valence-electron chi connectivity index (χ2n) is 4.79. The van der Waals surface area contributed by atoms with Crippen LogP contribution in [0.4, 0.5) is 11.4 Å². The molecule has 1 aromatic carbocycles. The van der Waals surface area contributed by atoms with Gasteiger partial charge >= 0.3 is 5.97 Å². The first-order valence-corrected chi connectivity index (χ1v) is 6.72. The van der Waals surface area contributed by atoms with E-state index in [1.165, 1.54) is 7.11 Å². The van der Waals surface area contributed by atoms with Crippen molar-refractivity contribution in [3.63, 3.8) is 0 Å². The Balaban J connectivity index is 2.19. The van der Waals surface area contributed by atoms with Crippen molar-refractivity contribution in [2.75, 3.05) is 57.1 Å². The number of carbonyl (C=O) groups excluding carboxylic acids is 1. The zero-order valence-electron chi connectivity index (χ0n) is 11.7. The number of aliphatic hydroxyl groups is 1. The van der Waals surface area contributed by atoms with Crippen molar-refractivity contribution in [3.05, 3.63) is 23.8 Å². The summed E-state index contributed by atoms with van der Waals surface area (Å²) < 4.78 is 4.82. The summed E-state index contributed by atoms with van der Waals surface area (Å²) in [7, 11) is 1.37. The second-order valence-corrected chi connectivity index (χ2v) is 4.79. The van der Waals surface area contributed by atoms with Gasteiger partial charge in [0.05, 0.1) is 30.7 Å². The van der Waals surface area contributed by atoms with Crippen molar-refractivity contribution in [3.8, 4) is 0 Å². The highest BCUT2D eigenvalue weighted by Crippen LogP contribution is 2.29. The van der Waals surface area contributed by atoms with E-state index in [-0.39, 0.29) is 12.6 Å². The Kier molecular flexibility index (Phi) is 4.81. The largest absolute Gasteiger partial charge is 0.465 e. The average molecular weight is 279 g/mol. The third-order valence-electron chi connectivity index (χ3n) is 3.58. The average Bonchev–Trinajstić information content (AvgIpc) is 2.47. The molecule has 1 saturated heterocycles. The molecular weight excluding hydrogens is 258 g/mol. The van der Waals surface area contributed by atoms with Gasteiger partial charge in [0.25, 0.3) is 0 Å². The zero-order valence-corrected chi connectivity index (χ0v) is 11.7. The number of nitrogens with zero attached hydrogens (tertiary/aromatic N) is 2. The van der Waals surface area contributed by atoms with Gasteiger partial charge in [0.1, 0.15) is 0 Å². The van der Waals surface area contributed by atoms with Gasteiger partial charge in [-0.25, -0.2) is 4.79 Å². The molecule has 1 heterocycles. The maximum absolute atomic E-state index is 11.8. The number of nitrogens with two attached hydrogens (primary N) is 1. The number of hydrogen-bond donors (Lipinski definition) is 2. The summed E-state index contributed by atoms with van der Waals surface area (Å²) in [6.07, 6.45) is 0. The van der Waals surface area contributed by atoms with Crippen molar-refractivity contribution in [2.24, 2.45) is 0 Å². The molecule has 1 fully saturated rings. The van der Waals surface area contributed by atoms with Gasteiger partial charge in [-0.3, -0.25) is 4.90 Å². The molecule has 2 rings (SSSR count). The van der Waals surface area contributed by atoms with Crippen LogP contribution in [0, 0.1) is 0 Å². The summed E-state index contributed by atoms with van der Waals surface area (Å²) in [5.41, 5.74) is 7.88. The first-order chi connectivity index (χ1) is 9.67. The van der Waals surface area contributed by atoms with Crippen LogP contribution in [0.3, 0.4) is 0 Å². The number of para-hydroxylation sites is 1. The first-order valence-electron chi connectivity index (χ1n) is 6.72. The summed E-state index contributed by atoms with van der Waals surface area (Å²) in [6, 6.07) is 5.28. The van der Waals surface area contributed by atoms with E-state index in [0.29, 0.717) is 17.8 Å². The number of anilines is 2. The van der Waals surface area contributed by atoms with Crippen LogP contribution in [0.5, 0.6) is 0 Å². The smallest absolute Gasteiger partial charge is 0.340 e. The van der Waals surface area contributed by atoms with Crippen LogP contribution in [-0.2, 0) is 4.74 Å². The Morgan fingerprint density at radius 3 is 2.65 bits per heavy atom. The van der Waals surface area contributed by atoms with Gasteiger partial charge in [-0.1, -0.05) is 6.07 Å². The van der Waals surface area contributed by atoms with Gasteiger partial charge in [0.2, 0.25) is 0 Å². The number of methoxy groups -OCH3 is 1. The van der Waals surface area contributed by atoms with Crippen molar-refractivity contribution < 1.29 is 14.6 Å². The standard InChI is InChI=1S/C14H21N3O3/c1-20-14(19)11-3-2-4-12(15)13(11)17-7-5-16(6-8-17)9-10-18/h2-4,18H,5-10,15H2,1H3. The molecule has 0 spiro atoms. The number of esters is 1. The maximum atomic E-state index is 11.8. The van der Waals surface area contributed by atoms with E-state index in [1.54, 1.807) is 18.2 Å². The molecule has 0 saturated carbocycles. The van der Waals surface area contributed by atoms with Gasteiger partial charge in [-0.2, -0.15) is 0 Å². The van der Waals surface area contributed by atoms with Crippen LogP contribution in [0.15, 0.2) is 18.2 Å². The van der Waals surface area contributed by atoms with Crippen LogP contribution in [0.2, 0.25) is 0 Å². The van der Waals surface area contributed by atoms with Crippen LogP contribution in [0.1, 0.15) is 10.4 Å². The number of benzene rings is 1. The third-order valence-corrected chi connectivity index (χ3v) is 3.58. The van der Waals surface area contributed by atoms with Crippen LogP contribution >= 0.6 is 0 Å². The Labute approximate surface area is 118 Å². The minimum Gasteiger partial charge on any atom is -0.465 e. The van der Waals surface area contributed by atoms with E-state index in [9.17, 15) is 4.79 Å². The van der Waals surface area contributed by atoms with Crippen molar-refractivity contribution in [1.29, 1.82) is 0 Å². The lowest BCUT2D eigenvalue weighted by Gasteiger charge is -2.37. The third kappa shape index (κ3) is 3.02. The highest BCUT2D eigenvalue weighted by Gasteiger charge is 2.23. The molecule has 20 heavy (non-hydrogen) atoms. The van der Waals surface area contributed by atoms with Crippen molar-refractivity contribution in [2.45, 2.75) is 0 Å². The van der Waals surface area contributed by atoms with Crippen LogP contribution < -0.4 is 10.6 Å². The fourth-order valence-corrected chi connectivity index (χ4v) is 2.53. The number of hydrogen-bond acceptors (Lipinski definition) is 6. The summed E-state index contributed by atoms with van der Waals surface area (Å²) >= 11 is 0. The Morgan fingerprint density at radius 2 is 2.05 bits per heavy atom. The Hall–Kier alpha value is -1.79. The molecule has 6 nitrogen and oxygen atoms in total. The number of ether oxygens (including phenoxy) is 1. The molecule has 1 aromatic rings. The lowest BCUT2D eigenvalue weighted by molar-refractivity contribution is 0.0601. The molecule has 0 atom stereocenters. The van der Waals surface area contributed by atoms with E-state index in [1.807, 2.05) is 0 Å². The minimum absolute atomic E-state index is 0.168. The monoisotopic (exact) mass is 279 g/mol. The van der Waals surface area contributed by atoms with Gasteiger partial charge < -0.3 is 20.5 Å². The summed E-state index contributed by atoms with van der Waals surface area (Å²) in [6.45, 7) is 4.09. The highest BCUT2D eigenvalue weighted by molar-refractivity contribution is 5.99. The molecule has 110 valence electrons. The molecule has 0 aromatic heterocycles. The SMILES string of the molecule is COC(=O)c1cccc(N)c1N1CCN(CCO)CC1. The van der Waals surface area contributed by atoms with E-state index >= 15 is 0 Å². The fraction of sp³-hybridized carbons (Fsp3) is 0.500. The van der Waals surface area contributed by atoms with E-state index in [4.69, 9.17) is 15.6 Å². The Bertz CT molecular complexity index is 471. The molecule has 6 heteroatoms. The van der Waals surface area contributed by atoms with Gasteiger partial charge in [-0.15, -0.1) is 0 Å². The number of β-amino-alcohol motifs (C(OH)–C–C–N with tert-alkyl or cyclic N) is 1. The molecule has 0 aliphatic carbocycles. The Morgan fingerprint density at radius 1 is 1.35 bits per heavy atom. The van der Waals surface area contributed by atoms with Crippen molar-refractivity contribution in [1.82, 2.24) is 4.90 Å². The minimum atomic E-state index is -0.370. The van der Waals surface area contributed by atoms with Crippen LogP contribution in [0.25, 0.3) is 0 Å². The quantitative estimate of drug-likeness (QED) is 0.604. The summed E-state index contributed by atoms with van der Waals surface area (Å²) in [4.78, 5) is 16.1. The van der Waals surface area contributed by atoms with Crippen LogP contribution in [-0.4, -0.2) is 62.4 Å². The lowest BCUT2D eigenvalue weighted by Crippen LogP contribution is -2.47. The molecule has 1 aliphatic rings. The topological polar surface area (TPSA) is 79.0 Å². The molecule has 0 bridgehead atoms. The summed E-state index contributed by atoms with van der Waals surface area (Å²) in [5, 5.41) is 8.96. The fourth-order valence-electron chi connectivity index (χ4n) is 2.53. The highest BCUT2D eigenvalue weighted by atomic mass is 16.5. The number of carbonyl (C=O) groups is 1. The normalized spacial score (nSPS) is 16.2. The van der Waals surface area contributed by atoms with Crippen molar-refractivity contribution >= 4 is 17.3 Å². The molecular formula is C14H21N3O3.